The topological polar surface area (TPSA) is 29.5 Å². The Morgan fingerprint density at radius 2 is 0.881 bits per heavy atom. The molecular weight excluding hydrogens is 719 g/mol. The van der Waals surface area contributed by atoms with Gasteiger partial charge in [0, 0.05) is 43.9 Å². The maximum absolute atomic E-state index is 6.50. The summed E-state index contributed by atoms with van der Waals surface area (Å²) >= 11 is 0. The Bertz CT molecular complexity index is 3540. The highest BCUT2D eigenvalue weighted by Crippen LogP contribution is 2.44. The van der Waals surface area contributed by atoms with Crippen molar-refractivity contribution in [3.8, 4) is 33.4 Å². The minimum absolute atomic E-state index is 0.888. The van der Waals surface area contributed by atoms with Crippen molar-refractivity contribution in [3.63, 3.8) is 0 Å². The van der Waals surface area contributed by atoms with Crippen LogP contribution < -0.4 is 4.90 Å². The Morgan fingerprint density at radius 1 is 0.305 bits per heavy atom. The summed E-state index contributed by atoms with van der Waals surface area (Å²) < 4.78 is 12.8. The molecule has 12 aromatic rings. The summed E-state index contributed by atoms with van der Waals surface area (Å²) in [6.07, 6.45) is 0. The smallest absolute Gasteiger partial charge is 0.143 e. The lowest BCUT2D eigenvalue weighted by atomic mass is 9.97. The molecule has 0 amide bonds. The van der Waals surface area contributed by atoms with E-state index in [0.717, 1.165) is 94.3 Å². The number of anilines is 3. The molecule has 0 spiro atoms. The molecule has 10 aromatic carbocycles. The Morgan fingerprint density at radius 3 is 1.69 bits per heavy atom. The van der Waals surface area contributed by atoms with Crippen molar-refractivity contribution in [3.05, 3.63) is 212 Å². The van der Waals surface area contributed by atoms with E-state index in [-0.39, 0.29) is 0 Å². The van der Waals surface area contributed by atoms with E-state index in [1.165, 1.54) is 21.5 Å². The van der Waals surface area contributed by atoms with Gasteiger partial charge in [0.2, 0.25) is 0 Å². The molecule has 0 aliphatic heterocycles. The molecule has 3 heteroatoms. The fraction of sp³-hybridized carbons (Fsp3) is 0. The van der Waals surface area contributed by atoms with Crippen LogP contribution in [0.4, 0.5) is 17.1 Å². The van der Waals surface area contributed by atoms with Gasteiger partial charge < -0.3 is 13.7 Å². The number of para-hydroxylation sites is 2. The van der Waals surface area contributed by atoms with Gasteiger partial charge in [0.15, 0.2) is 0 Å². The maximum atomic E-state index is 6.50. The third-order valence-corrected chi connectivity index (χ3v) is 11.9. The Balaban J connectivity index is 0.984. The van der Waals surface area contributed by atoms with Gasteiger partial charge in [-0.05, 0) is 98.6 Å². The van der Waals surface area contributed by atoms with E-state index >= 15 is 0 Å². The van der Waals surface area contributed by atoms with E-state index in [0.29, 0.717) is 0 Å². The molecule has 0 atom stereocenters. The van der Waals surface area contributed by atoms with Crippen LogP contribution in [0.2, 0.25) is 0 Å². The highest BCUT2D eigenvalue weighted by molar-refractivity contribution is 6.15. The number of hydrogen-bond acceptors (Lipinski definition) is 3. The minimum Gasteiger partial charge on any atom is -0.456 e. The lowest BCUT2D eigenvalue weighted by molar-refractivity contribution is 0.669. The lowest BCUT2D eigenvalue weighted by Crippen LogP contribution is -2.10. The van der Waals surface area contributed by atoms with Crippen molar-refractivity contribution < 1.29 is 8.83 Å². The molecule has 0 radical (unpaired) electrons. The standard InChI is InChI=1S/C56H35NO2/c1-2-12-37(13-3-1)45-20-10-21-48-50-34-39(28-33-53(50)59-56(45)48)36-24-29-41(30-25-36)57(51-35-40-14-4-5-15-43(40)46-16-6-7-17-47(46)51)42-31-26-38(27-32-42)44-19-11-23-54-55(44)49-18-8-9-22-52(49)58-54/h1-35H. The van der Waals surface area contributed by atoms with Crippen LogP contribution in [0.5, 0.6) is 0 Å². The molecule has 0 bridgehead atoms. The van der Waals surface area contributed by atoms with Gasteiger partial charge in [-0.25, -0.2) is 0 Å². The molecule has 2 heterocycles. The van der Waals surface area contributed by atoms with E-state index < -0.39 is 0 Å². The van der Waals surface area contributed by atoms with Gasteiger partial charge in [-0.3, -0.25) is 0 Å². The van der Waals surface area contributed by atoms with Gasteiger partial charge >= 0.3 is 0 Å². The number of furan rings is 2. The molecule has 0 saturated carbocycles. The van der Waals surface area contributed by atoms with Crippen molar-refractivity contribution in [2.45, 2.75) is 0 Å². The minimum atomic E-state index is 0.888. The summed E-state index contributed by atoms with van der Waals surface area (Å²) in [4.78, 5) is 2.40. The fourth-order valence-corrected chi connectivity index (χ4v) is 9.08. The van der Waals surface area contributed by atoms with E-state index in [9.17, 15) is 0 Å². The molecule has 0 saturated heterocycles. The largest absolute Gasteiger partial charge is 0.456 e. The molecular formula is C56H35NO2. The average molecular weight is 754 g/mol. The quantitative estimate of drug-likeness (QED) is 0.158. The van der Waals surface area contributed by atoms with Crippen LogP contribution in [0, 0.1) is 0 Å². The predicted octanol–water partition coefficient (Wildman–Crippen LogP) is 16.3. The second-order valence-corrected chi connectivity index (χ2v) is 15.2. The van der Waals surface area contributed by atoms with Crippen molar-refractivity contribution in [1.29, 1.82) is 0 Å². The summed E-state index contributed by atoms with van der Waals surface area (Å²) in [6, 6.07) is 75.7. The molecule has 0 aliphatic rings. The number of rotatable bonds is 6. The Hall–Kier alpha value is -7.88. The van der Waals surface area contributed by atoms with E-state index in [4.69, 9.17) is 8.83 Å². The third-order valence-electron chi connectivity index (χ3n) is 11.9. The lowest BCUT2D eigenvalue weighted by Gasteiger charge is -2.28. The molecule has 0 aliphatic carbocycles. The summed E-state index contributed by atoms with van der Waals surface area (Å²) in [5, 5.41) is 9.38. The van der Waals surface area contributed by atoms with Gasteiger partial charge in [-0.1, -0.05) is 158 Å². The zero-order chi connectivity index (χ0) is 38.9. The van der Waals surface area contributed by atoms with Crippen LogP contribution in [-0.2, 0) is 0 Å². The number of fused-ring (bicyclic) bond motifs is 9. The molecule has 0 unspecified atom stereocenters. The second kappa shape index (κ2) is 13.4. The van der Waals surface area contributed by atoms with E-state index in [2.05, 4.69) is 199 Å². The maximum Gasteiger partial charge on any atom is 0.143 e. The zero-order valence-electron chi connectivity index (χ0n) is 32.0. The first-order valence-electron chi connectivity index (χ1n) is 20.1. The van der Waals surface area contributed by atoms with E-state index in [1.54, 1.807) is 0 Å². The van der Waals surface area contributed by atoms with Gasteiger partial charge in [0.1, 0.15) is 22.3 Å². The normalized spacial score (nSPS) is 11.7. The first-order valence-corrected chi connectivity index (χ1v) is 20.1. The summed E-state index contributed by atoms with van der Waals surface area (Å²) in [5.74, 6) is 0. The average Bonchev–Trinajstić information content (AvgIpc) is 3.88. The van der Waals surface area contributed by atoms with Crippen molar-refractivity contribution in [1.82, 2.24) is 0 Å². The van der Waals surface area contributed by atoms with Crippen LogP contribution >= 0.6 is 0 Å². The third kappa shape index (κ3) is 5.44. The van der Waals surface area contributed by atoms with Gasteiger partial charge in [-0.2, -0.15) is 0 Å². The van der Waals surface area contributed by atoms with Crippen molar-refractivity contribution in [2.75, 3.05) is 4.90 Å². The number of benzene rings is 10. The van der Waals surface area contributed by atoms with Crippen LogP contribution in [0.1, 0.15) is 0 Å². The van der Waals surface area contributed by atoms with Gasteiger partial charge in [-0.15, -0.1) is 0 Å². The molecule has 0 fully saturated rings. The summed E-state index contributed by atoms with van der Waals surface area (Å²) in [5.41, 5.74) is 13.7. The highest BCUT2D eigenvalue weighted by Gasteiger charge is 2.19. The van der Waals surface area contributed by atoms with Crippen LogP contribution in [0.3, 0.4) is 0 Å². The predicted molar refractivity (Wildman–Crippen MR) is 247 cm³/mol. The van der Waals surface area contributed by atoms with Crippen molar-refractivity contribution >= 4 is 82.5 Å². The second-order valence-electron chi connectivity index (χ2n) is 15.2. The van der Waals surface area contributed by atoms with Crippen molar-refractivity contribution in [2.24, 2.45) is 0 Å². The first kappa shape index (κ1) is 33.3. The number of nitrogens with zero attached hydrogens (tertiary/aromatic N) is 1. The molecule has 0 N–H and O–H groups in total. The van der Waals surface area contributed by atoms with Gasteiger partial charge in [0.25, 0.3) is 0 Å². The Labute approximate surface area is 340 Å². The van der Waals surface area contributed by atoms with Crippen LogP contribution in [0.15, 0.2) is 221 Å². The Kier molecular flexibility index (Phi) is 7.54. The molecule has 3 nitrogen and oxygen atoms in total. The zero-order valence-corrected chi connectivity index (χ0v) is 32.0. The molecule has 276 valence electrons. The molecule has 2 aromatic heterocycles. The highest BCUT2D eigenvalue weighted by atomic mass is 16.3. The van der Waals surface area contributed by atoms with E-state index in [1.807, 2.05) is 18.2 Å². The first-order chi connectivity index (χ1) is 29.2. The summed E-state index contributed by atoms with van der Waals surface area (Å²) in [7, 11) is 0. The van der Waals surface area contributed by atoms with Crippen LogP contribution in [-0.4, -0.2) is 0 Å². The monoisotopic (exact) mass is 753 g/mol. The summed E-state index contributed by atoms with van der Waals surface area (Å²) in [6.45, 7) is 0. The molecule has 59 heavy (non-hydrogen) atoms. The van der Waals surface area contributed by atoms with Crippen LogP contribution in [0.25, 0.3) is 98.8 Å². The molecule has 12 rings (SSSR count). The fourth-order valence-electron chi connectivity index (χ4n) is 9.08. The van der Waals surface area contributed by atoms with Gasteiger partial charge in [0.05, 0.1) is 5.69 Å². The number of hydrogen-bond donors (Lipinski definition) is 0. The SMILES string of the molecule is c1ccc(-c2cccc3c2oc2ccc(-c4ccc(N(c5ccc(-c6cccc7oc8ccccc8c67)cc5)c5cc6ccccc6c6ccccc56)cc4)cc23)cc1.